The number of hydrogen-bond acceptors (Lipinski definition) is 5. The van der Waals surface area contributed by atoms with Crippen LogP contribution < -0.4 is 10.6 Å². The van der Waals surface area contributed by atoms with E-state index in [2.05, 4.69) is 20.8 Å². The summed E-state index contributed by atoms with van der Waals surface area (Å²) in [7, 11) is 0. The van der Waals surface area contributed by atoms with Crippen molar-refractivity contribution in [1.29, 1.82) is 0 Å². The van der Waals surface area contributed by atoms with Gasteiger partial charge in [-0.25, -0.2) is 4.39 Å². The molecule has 0 radical (unpaired) electrons. The Hall–Kier alpha value is -3.07. The van der Waals surface area contributed by atoms with E-state index >= 15 is 0 Å². The van der Waals surface area contributed by atoms with Crippen LogP contribution >= 0.6 is 11.3 Å². The molecule has 2 saturated carbocycles. The lowest BCUT2D eigenvalue weighted by Crippen LogP contribution is -2.28. The fourth-order valence-corrected chi connectivity index (χ4v) is 6.08. The fraction of sp³-hybridized carbons (Fsp3) is 0.462. The molecule has 2 amide bonds. The second-order valence-corrected chi connectivity index (χ2v) is 11.1. The van der Waals surface area contributed by atoms with E-state index in [-0.39, 0.29) is 23.5 Å². The molecule has 2 heterocycles. The number of aromatic nitrogens is 3. The van der Waals surface area contributed by atoms with Gasteiger partial charge < -0.3 is 10.6 Å². The lowest BCUT2D eigenvalue weighted by Gasteiger charge is -2.23. The third kappa shape index (κ3) is 4.87. The van der Waals surface area contributed by atoms with Crippen molar-refractivity contribution in [2.75, 3.05) is 11.9 Å². The first-order valence-corrected chi connectivity index (χ1v) is 13.2. The van der Waals surface area contributed by atoms with E-state index in [1.165, 1.54) is 29.9 Å². The molecule has 3 aromatic rings. The molecular weight excluding hydrogens is 465 g/mol. The Kier molecular flexibility index (Phi) is 5.88. The molecule has 1 unspecified atom stereocenters. The van der Waals surface area contributed by atoms with Gasteiger partial charge in [0, 0.05) is 29.4 Å². The molecule has 6 rings (SSSR count). The number of carbonyl (C=O) groups is 2. The van der Waals surface area contributed by atoms with Crippen molar-refractivity contribution in [2.24, 2.45) is 17.8 Å². The number of amides is 2. The highest BCUT2D eigenvalue weighted by Crippen LogP contribution is 2.42. The summed E-state index contributed by atoms with van der Waals surface area (Å²) in [5.74, 6) is 1.47. The second kappa shape index (κ2) is 9.18. The SMILES string of the molecule is O=C(NCC1CC1)c1c(NC(=O)C2CC2)sc2c1CC(Cc1nncn1-c1ccc(F)cc1)CC2. The Balaban J connectivity index is 1.24. The van der Waals surface area contributed by atoms with Crippen molar-refractivity contribution in [3.05, 3.63) is 58.2 Å². The molecule has 2 N–H and O–H groups in total. The van der Waals surface area contributed by atoms with Crippen LogP contribution in [0.3, 0.4) is 0 Å². The van der Waals surface area contributed by atoms with Crippen molar-refractivity contribution in [3.63, 3.8) is 0 Å². The highest BCUT2D eigenvalue weighted by Gasteiger charge is 2.34. The zero-order valence-electron chi connectivity index (χ0n) is 19.4. The molecule has 9 heteroatoms. The average Bonchev–Trinajstić information content (AvgIpc) is 3.78. The van der Waals surface area contributed by atoms with E-state index in [0.29, 0.717) is 35.4 Å². The van der Waals surface area contributed by atoms with Gasteiger partial charge in [-0.2, -0.15) is 0 Å². The molecule has 182 valence electrons. The zero-order valence-corrected chi connectivity index (χ0v) is 20.2. The summed E-state index contributed by atoms with van der Waals surface area (Å²) >= 11 is 1.56. The molecular formula is C26H28FN5O2S. The number of rotatable bonds is 8. The zero-order chi connectivity index (χ0) is 23.9. The van der Waals surface area contributed by atoms with Gasteiger partial charge in [0.05, 0.1) is 5.56 Å². The predicted molar refractivity (Wildman–Crippen MR) is 131 cm³/mol. The molecule has 3 aliphatic carbocycles. The number of nitrogens with one attached hydrogen (secondary N) is 2. The maximum Gasteiger partial charge on any atom is 0.254 e. The largest absolute Gasteiger partial charge is 0.352 e. The molecule has 1 aromatic carbocycles. The van der Waals surface area contributed by atoms with E-state index in [0.717, 1.165) is 49.2 Å². The van der Waals surface area contributed by atoms with E-state index in [1.54, 1.807) is 29.8 Å². The lowest BCUT2D eigenvalue weighted by atomic mass is 9.84. The quantitative estimate of drug-likeness (QED) is 0.490. The summed E-state index contributed by atoms with van der Waals surface area (Å²) in [5.41, 5.74) is 2.55. The Bertz CT molecular complexity index is 1260. The summed E-state index contributed by atoms with van der Waals surface area (Å²) in [6, 6.07) is 6.30. The van der Waals surface area contributed by atoms with Crippen molar-refractivity contribution < 1.29 is 14.0 Å². The summed E-state index contributed by atoms with van der Waals surface area (Å²) < 4.78 is 15.3. The maximum absolute atomic E-state index is 13.4. The first kappa shape index (κ1) is 22.4. The monoisotopic (exact) mass is 493 g/mol. The Morgan fingerprint density at radius 3 is 2.63 bits per heavy atom. The number of benzene rings is 1. The fourth-order valence-electron chi connectivity index (χ4n) is 4.84. The number of carbonyl (C=O) groups excluding carboxylic acids is 2. The number of halogens is 1. The average molecular weight is 494 g/mol. The minimum atomic E-state index is -0.280. The molecule has 1 atom stereocenters. The molecule has 3 aliphatic rings. The first-order valence-electron chi connectivity index (χ1n) is 12.4. The van der Waals surface area contributed by atoms with Gasteiger partial charge in [0.25, 0.3) is 5.91 Å². The predicted octanol–water partition coefficient (Wildman–Crippen LogP) is 4.30. The van der Waals surface area contributed by atoms with Crippen LogP contribution in [-0.2, 0) is 24.1 Å². The number of thiophene rings is 1. The Morgan fingerprint density at radius 2 is 1.89 bits per heavy atom. The van der Waals surface area contributed by atoms with Crippen molar-refractivity contribution in [1.82, 2.24) is 20.1 Å². The number of nitrogens with zero attached hydrogens (tertiary/aromatic N) is 3. The number of hydrogen-bond donors (Lipinski definition) is 2. The smallest absolute Gasteiger partial charge is 0.254 e. The van der Waals surface area contributed by atoms with E-state index in [9.17, 15) is 14.0 Å². The van der Waals surface area contributed by atoms with Gasteiger partial charge in [-0.1, -0.05) is 0 Å². The molecule has 35 heavy (non-hydrogen) atoms. The van der Waals surface area contributed by atoms with Crippen LogP contribution in [0.4, 0.5) is 9.39 Å². The summed E-state index contributed by atoms with van der Waals surface area (Å²) in [5, 5.41) is 15.3. The van der Waals surface area contributed by atoms with Crippen LogP contribution in [-0.4, -0.2) is 33.1 Å². The lowest BCUT2D eigenvalue weighted by molar-refractivity contribution is -0.117. The molecule has 0 bridgehead atoms. The summed E-state index contributed by atoms with van der Waals surface area (Å²) in [6.07, 6.45) is 9.17. The van der Waals surface area contributed by atoms with Crippen molar-refractivity contribution in [3.8, 4) is 5.69 Å². The van der Waals surface area contributed by atoms with Gasteiger partial charge in [-0.15, -0.1) is 21.5 Å². The van der Waals surface area contributed by atoms with Crippen LogP contribution in [0.25, 0.3) is 5.69 Å². The molecule has 0 spiro atoms. The van der Waals surface area contributed by atoms with Gasteiger partial charge in [-0.05, 0) is 86.6 Å². The number of anilines is 1. The van der Waals surface area contributed by atoms with Crippen LogP contribution in [0.1, 0.15) is 58.7 Å². The van der Waals surface area contributed by atoms with Crippen molar-refractivity contribution in [2.45, 2.75) is 51.4 Å². The highest BCUT2D eigenvalue weighted by atomic mass is 32.1. The van der Waals surface area contributed by atoms with Gasteiger partial charge >= 0.3 is 0 Å². The minimum Gasteiger partial charge on any atom is -0.352 e. The number of aryl methyl sites for hydroxylation is 1. The normalized spacial score (nSPS) is 19.3. The third-order valence-corrected chi connectivity index (χ3v) is 8.42. The van der Waals surface area contributed by atoms with Crippen LogP contribution in [0.2, 0.25) is 0 Å². The minimum absolute atomic E-state index is 0.0313. The molecule has 0 saturated heterocycles. The summed E-state index contributed by atoms with van der Waals surface area (Å²) in [4.78, 5) is 27.0. The highest BCUT2D eigenvalue weighted by molar-refractivity contribution is 7.17. The Labute approximate surface area is 207 Å². The van der Waals surface area contributed by atoms with E-state index < -0.39 is 0 Å². The third-order valence-electron chi connectivity index (χ3n) is 7.22. The topological polar surface area (TPSA) is 88.9 Å². The van der Waals surface area contributed by atoms with Crippen LogP contribution in [0.15, 0.2) is 30.6 Å². The van der Waals surface area contributed by atoms with Crippen LogP contribution in [0.5, 0.6) is 0 Å². The molecule has 2 aromatic heterocycles. The van der Waals surface area contributed by atoms with Crippen LogP contribution in [0, 0.1) is 23.6 Å². The van der Waals surface area contributed by atoms with Gasteiger partial charge in [0.1, 0.15) is 23.0 Å². The van der Waals surface area contributed by atoms with Gasteiger partial charge in [0.2, 0.25) is 5.91 Å². The second-order valence-electron chi connectivity index (χ2n) is 10.0. The Morgan fingerprint density at radius 1 is 1.09 bits per heavy atom. The molecule has 0 aliphatic heterocycles. The summed E-state index contributed by atoms with van der Waals surface area (Å²) in [6.45, 7) is 0.698. The van der Waals surface area contributed by atoms with E-state index in [4.69, 9.17) is 0 Å². The number of fused-ring (bicyclic) bond motifs is 1. The molecule has 2 fully saturated rings. The molecule has 7 nitrogen and oxygen atoms in total. The van der Waals surface area contributed by atoms with Gasteiger partial charge in [0.15, 0.2) is 0 Å². The van der Waals surface area contributed by atoms with Crippen molar-refractivity contribution >= 4 is 28.2 Å². The maximum atomic E-state index is 13.4. The van der Waals surface area contributed by atoms with Gasteiger partial charge in [-0.3, -0.25) is 14.2 Å². The van der Waals surface area contributed by atoms with E-state index in [1.807, 2.05) is 4.57 Å². The standard InChI is InChI=1S/C26H28FN5O2S/c27-18-6-8-19(9-7-18)32-14-29-31-22(32)12-16-3-10-21-20(11-16)23(25(34)28-13-15-1-2-15)26(35-21)30-24(33)17-4-5-17/h6-9,14-17H,1-5,10-13H2,(H,28,34)(H,30,33). The first-order chi connectivity index (χ1) is 17.0.